The molecular formula is C18H29N3O2. The molecule has 1 saturated heterocycles. The van der Waals surface area contributed by atoms with Gasteiger partial charge in [-0.1, -0.05) is 19.8 Å². The van der Waals surface area contributed by atoms with Gasteiger partial charge in [0, 0.05) is 25.4 Å². The van der Waals surface area contributed by atoms with Gasteiger partial charge in [-0.25, -0.2) is 0 Å². The molecule has 2 rings (SSSR count). The predicted molar refractivity (Wildman–Crippen MR) is 90.9 cm³/mol. The van der Waals surface area contributed by atoms with Gasteiger partial charge in [0.2, 0.25) is 5.91 Å². The number of likely N-dealkylation sites (tertiary alicyclic amines) is 1. The summed E-state index contributed by atoms with van der Waals surface area (Å²) in [7, 11) is 0. The van der Waals surface area contributed by atoms with E-state index in [9.17, 15) is 9.90 Å². The van der Waals surface area contributed by atoms with E-state index in [4.69, 9.17) is 0 Å². The van der Waals surface area contributed by atoms with Crippen LogP contribution in [0.3, 0.4) is 0 Å². The fraction of sp³-hybridized carbons (Fsp3) is 0.667. The Kier molecular flexibility index (Phi) is 7.49. The van der Waals surface area contributed by atoms with Crippen LogP contribution in [0.15, 0.2) is 24.5 Å². The van der Waals surface area contributed by atoms with Gasteiger partial charge in [0.1, 0.15) is 6.10 Å². The Morgan fingerprint density at radius 3 is 2.65 bits per heavy atom. The van der Waals surface area contributed by atoms with Gasteiger partial charge < -0.3 is 15.3 Å². The van der Waals surface area contributed by atoms with Gasteiger partial charge in [-0.15, -0.1) is 0 Å². The summed E-state index contributed by atoms with van der Waals surface area (Å²) in [6, 6.07) is 3.35. The standard InChI is InChI=1S/C18H29N3O2/c1-2-3-4-7-17(22)20-16(14-21-12-5-6-13-21)18(23)15-8-10-19-11-9-15/h8-11,16,18,23H,2-7,12-14H2,1H3,(H,20,22)/t16-,18-/m0/s1. The van der Waals surface area contributed by atoms with E-state index < -0.39 is 6.10 Å². The van der Waals surface area contributed by atoms with Crippen LogP contribution < -0.4 is 5.32 Å². The number of nitrogens with one attached hydrogen (secondary N) is 1. The van der Waals surface area contributed by atoms with Crippen LogP contribution in [0.5, 0.6) is 0 Å². The smallest absolute Gasteiger partial charge is 0.220 e. The number of nitrogens with zero attached hydrogens (tertiary/aromatic N) is 2. The van der Waals surface area contributed by atoms with E-state index >= 15 is 0 Å². The summed E-state index contributed by atoms with van der Waals surface area (Å²) >= 11 is 0. The minimum Gasteiger partial charge on any atom is -0.386 e. The molecule has 0 aliphatic carbocycles. The Labute approximate surface area is 139 Å². The number of unbranched alkanes of at least 4 members (excludes halogenated alkanes) is 2. The van der Waals surface area contributed by atoms with Crippen molar-refractivity contribution in [3.05, 3.63) is 30.1 Å². The zero-order valence-electron chi connectivity index (χ0n) is 14.1. The van der Waals surface area contributed by atoms with Crippen molar-refractivity contribution in [2.75, 3.05) is 19.6 Å². The molecule has 1 amide bonds. The van der Waals surface area contributed by atoms with Crippen molar-refractivity contribution in [3.8, 4) is 0 Å². The molecule has 0 saturated carbocycles. The average Bonchev–Trinajstić information content (AvgIpc) is 3.08. The second-order valence-electron chi connectivity index (χ2n) is 6.36. The second kappa shape index (κ2) is 9.63. The van der Waals surface area contributed by atoms with Crippen LogP contribution in [0.2, 0.25) is 0 Å². The van der Waals surface area contributed by atoms with Crippen LogP contribution in [-0.4, -0.2) is 46.6 Å². The lowest BCUT2D eigenvalue weighted by molar-refractivity contribution is -0.123. The molecule has 1 fully saturated rings. The number of pyridine rings is 1. The fourth-order valence-electron chi connectivity index (χ4n) is 3.08. The number of carbonyl (C=O) groups is 1. The number of rotatable bonds is 9. The van der Waals surface area contributed by atoms with Gasteiger partial charge in [0.25, 0.3) is 0 Å². The Bertz CT molecular complexity index is 461. The van der Waals surface area contributed by atoms with Gasteiger partial charge in [-0.3, -0.25) is 9.78 Å². The summed E-state index contributed by atoms with van der Waals surface area (Å²) in [5.74, 6) is 0.0377. The van der Waals surface area contributed by atoms with E-state index in [1.165, 1.54) is 12.8 Å². The normalized spacial score (nSPS) is 17.8. The highest BCUT2D eigenvalue weighted by Crippen LogP contribution is 2.19. The third-order valence-electron chi connectivity index (χ3n) is 4.44. The van der Waals surface area contributed by atoms with Gasteiger partial charge in [0.15, 0.2) is 0 Å². The minimum atomic E-state index is -0.700. The fourth-order valence-corrected chi connectivity index (χ4v) is 3.08. The molecule has 23 heavy (non-hydrogen) atoms. The number of aliphatic hydroxyl groups excluding tert-OH is 1. The van der Waals surface area contributed by atoms with Crippen molar-refractivity contribution in [2.45, 2.75) is 57.6 Å². The lowest BCUT2D eigenvalue weighted by Gasteiger charge is -2.28. The molecule has 0 spiro atoms. The molecule has 0 aromatic carbocycles. The SMILES string of the molecule is CCCCCC(=O)N[C@@H](CN1CCCC1)[C@@H](O)c1ccncc1. The molecule has 2 atom stereocenters. The molecule has 1 aromatic rings. The Morgan fingerprint density at radius 1 is 1.30 bits per heavy atom. The van der Waals surface area contributed by atoms with E-state index in [1.54, 1.807) is 12.4 Å². The first kappa shape index (κ1) is 17.9. The van der Waals surface area contributed by atoms with Gasteiger partial charge in [0.05, 0.1) is 6.04 Å². The number of amides is 1. The summed E-state index contributed by atoms with van der Waals surface area (Å²) in [4.78, 5) is 18.5. The molecule has 5 heteroatoms. The molecule has 128 valence electrons. The molecule has 0 bridgehead atoms. The van der Waals surface area contributed by atoms with Crippen molar-refractivity contribution in [2.24, 2.45) is 0 Å². The quantitative estimate of drug-likeness (QED) is 0.685. The molecular weight excluding hydrogens is 290 g/mol. The Balaban J connectivity index is 1.97. The van der Waals surface area contributed by atoms with Gasteiger partial charge >= 0.3 is 0 Å². The van der Waals surface area contributed by atoms with E-state index in [-0.39, 0.29) is 11.9 Å². The molecule has 2 N–H and O–H groups in total. The summed E-state index contributed by atoms with van der Waals surface area (Å²) in [6.45, 7) is 4.92. The molecule has 1 aliphatic heterocycles. The van der Waals surface area contributed by atoms with E-state index in [1.807, 2.05) is 12.1 Å². The monoisotopic (exact) mass is 319 g/mol. The van der Waals surface area contributed by atoms with Gasteiger partial charge in [-0.2, -0.15) is 0 Å². The molecule has 1 aliphatic rings. The van der Waals surface area contributed by atoms with Crippen LogP contribution in [-0.2, 0) is 4.79 Å². The second-order valence-corrected chi connectivity index (χ2v) is 6.36. The van der Waals surface area contributed by atoms with Gasteiger partial charge in [-0.05, 0) is 50.0 Å². The van der Waals surface area contributed by atoms with Crippen LogP contribution in [0.4, 0.5) is 0 Å². The highest BCUT2D eigenvalue weighted by atomic mass is 16.3. The maximum Gasteiger partial charge on any atom is 0.220 e. The summed E-state index contributed by atoms with van der Waals surface area (Å²) in [5.41, 5.74) is 0.804. The predicted octanol–water partition coefficient (Wildman–Crippen LogP) is 2.28. The number of aromatic nitrogens is 1. The van der Waals surface area contributed by atoms with Crippen LogP contribution in [0, 0.1) is 0 Å². The Morgan fingerprint density at radius 2 is 2.00 bits per heavy atom. The number of carbonyl (C=O) groups excluding carboxylic acids is 1. The summed E-state index contributed by atoms with van der Waals surface area (Å²) < 4.78 is 0. The maximum absolute atomic E-state index is 12.2. The maximum atomic E-state index is 12.2. The molecule has 0 unspecified atom stereocenters. The molecule has 5 nitrogen and oxygen atoms in total. The van der Waals surface area contributed by atoms with Crippen molar-refractivity contribution >= 4 is 5.91 Å². The first-order valence-corrected chi connectivity index (χ1v) is 8.80. The minimum absolute atomic E-state index is 0.0377. The van der Waals surface area contributed by atoms with Crippen molar-refractivity contribution < 1.29 is 9.90 Å². The van der Waals surface area contributed by atoms with Crippen molar-refractivity contribution in [3.63, 3.8) is 0 Å². The molecule has 2 heterocycles. The lowest BCUT2D eigenvalue weighted by Crippen LogP contribution is -2.46. The van der Waals surface area contributed by atoms with E-state index in [0.29, 0.717) is 13.0 Å². The number of aliphatic hydroxyl groups is 1. The first-order chi connectivity index (χ1) is 11.2. The number of hydrogen-bond acceptors (Lipinski definition) is 4. The first-order valence-electron chi connectivity index (χ1n) is 8.80. The average molecular weight is 319 g/mol. The highest BCUT2D eigenvalue weighted by Gasteiger charge is 2.26. The van der Waals surface area contributed by atoms with E-state index in [2.05, 4.69) is 22.1 Å². The zero-order valence-corrected chi connectivity index (χ0v) is 14.1. The van der Waals surface area contributed by atoms with E-state index in [0.717, 1.165) is 37.9 Å². The topological polar surface area (TPSA) is 65.5 Å². The largest absolute Gasteiger partial charge is 0.386 e. The third-order valence-corrected chi connectivity index (χ3v) is 4.44. The van der Waals surface area contributed by atoms with Crippen LogP contribution in [0.1, 0.15) is 57.1 Å². The summed E-state index contributed by atoms with van der Waals surface area (Å²) in [6.07, 6.45) is 8.65. The van der Waals surface area contributed by atoms with Crippen molar-refractivity contribution in [1.82, 2.24) is 15.2 Å². The lowest BCUT2D eigenvalue weighted by atomic mass is 10.0. The summed E-state index contributed by atoms with van der Waals surface area (Å²) in [5, 5.41) is 13.7. The Hall–Kier alpha value is -1.46. The van der Waals surface area contributed by atoms with Crippen molar-refractivity contribution in [1.29, 1.82) is 0 Å². The van der Waals surface area contributed by atoms with Crippen LogP contribution >= 0.6 is 0 Å². The zero-order chi connectivity index (χ0) is 16.5. The van der Waals surface area contributed by atoms with Crippen LogP contribution in [0.25, 0.3) is 0 Å². The number of hydrogen-bond donors (Lipinski definition) is 2. The third kappa shape index (κ3) is 5.92. The molecule has 0 radical (unpaired) electrons. The molecule has 1 aromatic heterocycles. The highest BCUT2D eigenvalue weighted by molar-refractivity contribution is 5.76.